The first-order valence-electron chi connectivity index (χ1n) is 7.28. The highest BCUT2D eigenvalue weighted by atomic mass is 16.5. The van der Waals surface area contributed by atoms with Crippen molar-refractivity contribution in [3.05, 3.63) is 64.7 Å². The lowest BCUT2D eigenvalue weighted by Gasteiger charge is -2.10. The Balaban J connectivity index is 1.84. The number of carbonyl (C=O) groups excluding carboxylic acids is 2. The third kappa shape index (κ3) is 4.85. The Labute approximate surface area is 140 Å². The quantitative estimate of drug-likeness (QED) is 0.842. The van der Waals surface area contributed by atoms with Crippen LogP contribution in [-0.2, 0) is 4.79 Å². The molecule has 0 spiro atoms. The Bertz CT molecular complexity index is 789. The van der Waals surface area contributed by atoms with Crippen molar-refractivity contribution in [2.75, 3.05) is 6.61 Å². The molecule has 0 aromatic heterocycles. The average Bonchev–Trinajstić information content (AvgIpc) is 2.57. The van der Waals surface area contributed by atoms with Gasteiger partial charge in [-0.15, -0.1) is 0 Å². The highest BCUT2D eigenvalue weighted by Gasteiger charge is 2.09. The number of rotatable bonds is 4. The first kappa shape index (κ1) is 17.0. The van der Waals surface area contributed by atoms with Crippen molar-refractivity contribution in [2.45, 2.75) is 13.8 Å². The standard InChI is InChI=1S/C18H17N3O3/c1-12-6-13(2)8-16(7-12)24-11-17(22)20-21-18(23)15-5-3-4-14(9-15)10-19/h3-9H,11H2,1-2H3,(H,20,22)(H,21,23). The summed E-state index contributed by atoms with van der Waals surface area (Å²) in [6, 6.07) is 13.8. The van der Waals surface area contributed by atoms with Crippen molar-refractivity contribution in [1.29, 1.82) is 5.26 Å². The van der Waals surface area contributed by atoms with Gasteiger partial charge in [0.2, 0.25) is 0 Å². The Kier molecular flexibility index (Phi) is 5.53. The highest BCUT2D eigenvalue weighted by molar-refractivity contribution is 5.95. The molecule has 0 heterocycles. The Morgan fingerprint density at radius 2 is 1.79 bits per heavy atom. The van der Waals surface area contributed by atoms with Gasteiger partial charge in [-0.3, -0.25) is 20.4 Å². The molecule has 0 bridgehead atoms. The van der Waals surface area contributed by atoms with Crippen LogP contribution in [0.3, 0.4) is 0 Å². The number of hydrazine groups is 1. The summed E-state index contributed by atoms with van der Waals surface area (Å²) in [6.45, 7) is 3.66. The molecule has 0 aliphatic carbocycles. The lowest BCUT2D eigenvalue weighted by molar-refractivity contribution is -0.123. The summed E-state index contributed by atoms with van der Waals surface area (Å²) in [7, 11) is 0. The largest absolute Gasteiger partial charge is 0.484 e. The van der Waals surface area contributed by atoms with Crippen molar-refractivity contribution in [3.8, 4) is 11.8 Å². The third-order valence-corrected chi connectivity index (χ3v) is 3.13. The van der Waals surface area contributed by atoms with E-state index in [2.05, 4.69) is 10.9 Å². The van der Waals surface area contributed by atoms with E-state index >= 15 is 0 Å². The maximum absolute atomic E-state index is 11.9. The molecule has 2 aromatic rings. The molecule has 0 saturated heterocycles. The molecule has 24 heavy (non-hydrogen) atoms. The summed E-state index contributed by atoms with van der Waals surface area (Å²) in [4.78, 5) is 23.6. The zero-order valence-electron chi connectivity index (χ0n) is 13.4. The molecule has 6 heteroatoms. The molecule has 0 atom stereocenters. The highest BCUT2D eigenvalue weighted by Crippen LogP contribution is 2.15. The van der Waals surface area contributed by atoms with E-state index in [4.69, 9.17) is 10.00 Å². The summed E-state index contributed by atoms with van der Waals surface area (Å²) in [6.07, 6.45) is 0. The van der Waals surface area contributed by atoms with E-state index in [0.717, 1.165) is 11.1 Å². The average molecular weight is 323 g/mol. The fourth-order valence-corrected chi connectivity index (χ4v) is 2.13. The normalized spacial score (nSPS) is 9.71. The number of amides is 2. The maximum Gasteiger partial charge on any atom is 0.276 e. The van der Waals surface area contributed by atoms with E-state index in [1.165, 1.54) is 6.07 Å². The Morgan fingerprint density at radius 3 is 2.46 bits per heavy atom. The zero-order chi connectivity index (χ0) is 17.5. The van der Waals surface area contributed by atoms with Gasteiger partial charge in [0.1, 0.15) is 5.75 Å². The molecule has 2 rings (SSSR count). The van der Waals surface area contributed by atoms with Gasteiger partial charge in [-0.25, -0.2) is 0 Å². The summed E-state index contributed by atoms with van der Waals surface area (Å²) in [5.74, 6) is -0.401. The Hall–Kier alpha value is -3.33. The molecule has 0 radical (unpaired) electrons. The minimum Gasteiger partial charge on any atom is -0.484 e. The number of nitrogens with zero attached hydrogens (tertiary/aromatic N) is 1. The molecular formula is C18H17N3O3. The summed E-state index contributed by atoms with van der Waals surface area (Å²) in [5.41, 5.74) is 7.28. The summed E-state index contributed by atoms with van der Waals surface area (Å²) in [5, 5.41) is 8.81. The fraction of sp³-hybridized carbons (Fsp3) is 0.167. The van der Waals surface area contributed by atoms with Gasteiger partial charge >= 0.3 is 0 Å². The van der Waals surface area contributed by atoms with Crippen molar-refractivity contribution >= 4 is 11.8 Å². The van der Waals surface area contributed by atoms with Gasteiger partial charge in [0.15, 0.2) is 6.61 Å². The van der Waals surface area contributed by atoms with Crippen LogP contribution in [0.25, 0.3) is 0 Å². The SMILES string of the molecule is Cc1cc(C)cc(OCC(=O)NNC(=O)c2cccc(C#N)c2)c1. The van der Waals surface area contributed by atoms with E-state index in [0.29, 0.717) is 11.3 Å². The first-order chi connectivity index (χ1) is 11.5. The lowest BCUT2D eigenvalue weighted by Crippen LogP contribution is -2.43. The maximum atomic E-state index is 11.9. The number of carbonyl (C=O) groups is 2. The van der Waals surface area contributed by atoms with Crippen LogP contribution in [0.4, 0.5) is 0 Å². The van der Waals surface area contributed by atoms with Gasteiger partial charge in [-0.2, -0.15) is 5.26 Å². The molecule has 0 saturated carbocycles. The molecule has 2 N–H and O–H groups in total. The molecule has 2 amide bonds. The molecule has 0 fully saturated rings. The topological polar surface area (TPSA) is 91.2 Å². The number of ether oxygens (including phenoxy) is 1. The number of nitriles is 1. The van der Waals surface area contributed by atoms with Gasteiger partial charge < -0.3 is 4.74 Å². The third-order valence-electron chi connectivity index (χ3n) is 3.13. The zero-order valence-corrected chi connectivity index (χ0v) is 13.4. The number of nitrogens with one attached hydrogen (secondary N) is 2. The smallest absolute Gasteiger partial charge is 0.276 e. The van der Waals surface area contributed by atoms with Crippen LogP contribution in [0.1, 0.15) is 27.0 Å². The molecule has 0 aliphatic rings. The monoisotopic (exact) mass is 323 g/mol. The molecule has 122 valence electrons. The van der Waals surface area contributed by atoms with Gasteiger partial charge in [-0.05, 0) is 55.3 Å². The second kappa shape index (κ2) is 7.79. The predicted octanol–water partition coefficient (Wildman–Crippen LogP) is 2.02. The van der Waals surface area contributed by atoms with E-state index in [-0.39, 0.29) is 12.2 Å². The van der Waals surface area contributed by atoms with Crippen LogP contribution in [0.2, 0.25) is 0 Å². The second-order valence-electron chi connectivity index (χ2n) is 5.31. The predicted molar refractivity (Wildman–Crippen MR) is 88.2 cm³/mol. The summed E-state index contributed by atoms with van der Waals surface area (Å²) < 4.78 is 5.40. The van der Waals surface area contributed by atoms with Crippen molar-refractivity contribution in [2.24, 2.45) is 0 Å². The van der Waals surface area contributed by atoms with Gasteiger partial charge in [0, 0.05) is 5.56 Å². The number of benzene rings is 2. The molecular weight excluding hydrogens is 306 g/mol. The van der Waals surface area contributed by atoms with Gasteiger partial charge in [0.25, 0.3) is 11.8 Å². The van der Waals surface area contributed by atoms with Crippen molar-refractivity contribution in [1.82, 2.24) is 10.9 Å². The number of hydrogen-bond acceptors (Lipinski definition) is 4. The fourth-order valence-electron chi connectivity index (χ4n) is 2.13. The first-order valence-corrected chi connectivity index (χ1v) is 7.28. The van der Waals surface area contributed by atoms with Gasteiger partial charge in [-0.1, -0.05) is 12.1 Å². The number of aryl methyl sites for hydroxylation is 2. The van der Waals surface area contributed by atoms with E-state index in [1.807, 2.05) is 38.1 Å². The molecule has 0 unspecified atom stereocenters. The van der Waals surface area contributed by atoms with E-state index < -0.39 is 11.8 Å². The minimum absolute atomic E-state index is 0.221. The van der Waals surface area contributed by atoms with Crippen LogP contribution in [-0.4, -0.2) is 18.4 Å². The van der Waals surface area contributed by atoms with Crippen LogP contribution < -0.4 is 15.6 Å². The van der Waals surface area contributed by atoms with Crippen LogP contribution in [0.5, 0.6) is 5.75 Å². The second-order valence-corrected chi connectivity index (χ2v) is 5.31. The number of hydrogen-bond donors (Lipinski definition) is 2. The van der Waals surface area contributed by atoms with Crippen LogP contribution in [0.15, 0.2) is 42.5 Å². The minimum atomic E-state index is -0.508. The van der Waals surface area contributed by atoms with Crippen LogP contribution >= 0.6 is 0 Å². The lowest BCUT2D eigenvalue weighted by atomic mass is 10.1. The van der Waals surface area contributed by atoms with Crippen molar-refractivity contribution in [3.63, 3.8) is 0 Å². The summed E-state index contributed by atoms with van der Waals surface area (Å²) >= 11 is 0. The van der Waals surface area contributed by atoms with Crippen molar-refractivity contribution < 1.29 is 14.3 Å². The molecule has 6 nitrogen and oxygen atoms in total. The van der Waals surface area contributed by atoms with Gasteiger partial charge in [0.05, 0.1) is 11.6 Å². The van der Waals surface area contributed by atoms with Crippen LogP contribution in [0, 0.1) is 25.2 Å². The molecule has 2 aromatic carbocycles. The van der Waals surface area contributed by atoms with E-state index in [1.54, 1.807) is 18.2 Å². The van der Waals surface area contributed by atoms with E-state index in [9.17, 15) is 9.59 Å². The Morgan fingerprint density at radius 1 is 1.08 bits per heavy atom. The molecule has 0 aliphatic heterocycles.